The minimum atomic E-state index is 0.376. The zero-order chi connectivity index (χ0) is 19.0. The van der Waals surface area contributed by atoms with Crippen LogP contribution in [0.15, 0.2) is 12.4 Å². The van der Waals surface area contributed by atoms with Gasteiger partial charge >= 0.3 is 0 Å². The van der Waals surface area contributed by atoms with E-state index in [2.05, 4.69) is 41.1 Å². The van der Waals surface area contributed by atoms with Gasteiger partial charge in [-0.3, -0.25) is 4.79 Å². The van der Waals surface area contributed by atoms with Crippen LogP contribution in [0.2, 0.25) is 0 Å². The predicted molar refractivity (Wildman–Crippen MR) is 108 cm³/mol. The van der Waals surface area contributed by atoms with Gasteiger partial charge in [0.15, 0.2) is 0 Å². The number of aromatic nitrogens is 2. The normalized spacial score (nSPS) is 32.6. The molecule has 0 unspecified atom stereocenters. The number of carbonyl (C=O) groups excluding carboxylic acids is 1. The van der Waals surface area contributed by atoms with Gasteiger partial charge in [0, 0.05) is 30.3 Å². The molecule has 27 heavy (non-hydrogen) atoms. The molecule has 0 atom stereocenters. The fourth-order valence-electron chi connectivity index (χ4n) is 5.72. The molecular weight excluding hydrogens is 334 g/mol. The summed E-state index contributed by atoms with van der Waals surface area (Å²) < 4.78 is 0. The first-order chi connectivity index (χ1) is 13.0. The Bertz CT molecular complexity index is 645. The molecule has 1 spiro atoms. The van der Waals surface area contributed by atoms with Crippen LogP contribution in [0, 0.1) is 11.3 Å². The Kier molecular flexibility index (Phi) is 5.37. The zero-order valence-corrected chi connectivity index (χ0v) is 17.3. The lowest BCUT2D eigenvalue weighted by Crippen LogP contribution is -2.48. The molecule has 4 nitrogen and oxygen atoms in total. The Morgan fingerprint density at radius 2 is 1.67 bits per heavy atom. The Hall–Kier alpha value is -1.29. The van der Waals surface area contributed by atoms with Gasteiger partial charge in [0.05, 0.1) is 0 Å². The summed E-state index contributed by atoms with van der Waals surface area (Å²) >= 11 is 0. The summed E-state index contributed by atoms with van der Waals surface area (Å²) in [5.74, 6) is 2.77. The van der Waals surface area contributed by atoms with Crippen molar-refractivity contribution >= 4 is 5.78 Å². The zero-order valence-electron chi connectivity index (χ0n) is 17.3. The van der Waals surface area contributed by atoms with Gasteiger partial charge < -0.3 is 4.90 Å². The Morgan fingerprint density at radius 3 is 2.19 bits per heavy atom. The van der Waals surface area contributed by atoms with Crippen molar-refractivity contribution < 1.29 is 4.79 Å². The second kappa shape index (κ2) is 7.62. The highest BCUT2D eigenvalue weighted by atomic mass is 16.1. The van der Waals surface area contributed by atoms with Crippen molar-refractivity contribution in [2.45, 2.75) is 90.0 Å². The maximum atomic E-state index is 11.5. The van der Waals surface area contributed by atoms with Crippen LogP contribution < -0.4 is 0 Å². The summed E-state index contributed by atoms with van der Waals surface area (Å²) in [6.45, 7) is 8.49. The van der Waals surface area contributed by atoms with E-state index in [9.17, 15) is 4.79 Å². The van der Waals surface area contributed by atoms with Crippen molar-refractivity contribution in [3.63, 3.8) is 0 Å². The molecule has 4 heteroatoms. The molecule has 2 saturated carbocycles. The summed E-state index contributed by atoms with van der Waals surface area (Å²) in [7, 11) is 0. The Balaban J connectivity index is 1.25. The predicted octanol–water partition coefficient (Wildman–Crippen LogP) is 4.71. The van der Waals surface area contributed by atoms with Crippen LogP contribution in [0.4, 0.5) is 0 Å². The molecule has 0 bridgehead atoms. The highest BCUT2D eigenvalue weighted by Crippen LogP contribution is 2.55. The van der Waals surface area contributed by atoms with E-state index in [-0.39, 0.29) is 0 Å². The molecule has 3 aliphatic rings. The fourth-order valence-corrected chi connectivity index (χ4v) is 5.72. The van der Waals surface area contributed by atoms with Gasteiger partial charge in [-0.1, -0.05) is 13.8 Å². The molecule has 0 radical (unpaired) electrons. The van der Waals surface area contributed by atoms with E-state index in [1.54, 1.807) is 6.92 Å². The lowest BCUT2D eigenvalue weighted by Gasteiger charge is -2.52. The number of hydrogen-bond donors (Lipinski definition) is 0. The number of hydrogen-bond acceptors (Lipinski definition) is 4. The Labute approximate surface area is 164 Å². The average Bonchev–Trinajstić information content (AvgIpc) is 2.66. The summed E-state index contributed by atoms with van der Waals surface area (Å²) in [5.41, 5.74) is 1.85. The van der Waals surface area contributed by atoms with Gasteiger partial charge in [-0.2, -0.15) is 0 Å². The molecule has 1 aliphatic heterocycles. The molecule has 1 aromatic heterocycles. The number of carbonyl (C=O) groups is 1. The molecular formula is C23H35N3O. The smallest absolute Gasteiger partial charge is 0.132 e. The van der Waals surface area contributed by atoms with E-state index < -0.39 is 0 Å². The van der Waals surface area contributed by atoms with Gasteiger partial charge in [0.2, 0.25) is 0 Å². The topological polar surface area (TPSA) is 46.1 Å². The maximum Gasteiger partial charge on any atom is 0.132 e. The molecule has 148 valence electrons. The van der Waals surface area contributed by atoms with E-state index in [1.165, 1.54) is 70.0 Å². The van der Waals surface area contributed by atoms with E-state index in [1.807, 2.05) is 0 Å². The largest absolute Gasteiger partial charge is 0.300 e. The van der Waals surface area contributed by atoms with Crippen molar-refractivity contribution in [3.05, 3.63) is 23.8 Å². The number of piperidine rings is 1. The van der Waals surface area contributed by atoms with Crippen LogP contribution in [0.3, 0.4) is 0 Å². The standard InChI is InChI=1S/C23H35N3O/c1-16(2)22-24-14-20(15-25-22)18-6-10-26(11-7-18)21-4-8-23(9-5-21)12-19(13-23)17(3)27/h14-16,18-19,21H,4-13H2,1-3H3/t19-,21-,23?. The molecule has 3 fully saturated rings. The van der Waals surface area contributed by atoms with E-state index >= 15 is 0 Å². The molecule has 2 heterocycles. The quantitative estimate of drug-likeness (QED) is 0.771. The minimum absolute atomic E-state index is 0.376. The first-order valence-corrected chi connectivity index (χ1v) is 11.0. The van der Waals surface area contributed by atoms with Crippen molar-refractivity contribution in [2.75, 3.05) is 13.1 Å². The van der Waals surface area contributed by atoms with E-state index in [0.717, 1.165) is 11.9 Å². The van der Waals surface area contributed by atoms with E-state index in [4.69, 9.17) is 0 Å². The van der Waals surface area contributed by atoms with Crippen molar-refractivity contribution in [1.29, 1.82) is 0 Å². The third-order valence-corrected chi connectivity index (χ3v) is 7.68. The first-order valence-electron chi connectivity index (χ1n) is 11.0. The minimum Gasteiger partial charge on any atom is -0.300 e. The summed E-state index contributed by atoms with van der Waals surface area (Å²) in [6, 6.07) is 0.771. The highest BCUT2D eigenvalue weighted by molar-refractivity contribution is 5.79. The summed E-state index contributed by atoms with van der Waals surface area (Å²) in [5, 5.41) is 0. The SMILES string of the molecule is CC(=O)[C@H]1CC2(CC[C@H](N3CCC(c4cnc(C(C)C)nc4)CC3)CC2)C1. The molecule has 1 aromatic rings. The fraction of sp³-hybridized carbons (Fsp3) is 0.783. The second-order valence-electron chi connectivity index (χ2n) is 9.79. The first kappa shape index (κ1) is 19.0. The monoisotopic (exact) mass is 369 g/mol. The van der Waals surface area contributed by atoms with Crippen molar-refractivity contribution in [2.24, 2.45) is 11.3 Å². The van der Waals surface area contributed by atoms with Crippen molar-refractivity contribution in [1.82, 2.24) is 14.9 Å². The van der Waals surface area contributed by atoms with Gasteiger partial charge in [0.1, 0.15) is 11.6 Å². The number of Topliss-reactive ketones (excluding diaryl/α,β-unsaturated/α-hetero) is 1. The summed E-state index contributed by atoms with van der Waals surface area (Å²) in [6.07, 6.45) is 14.3. The number of rotatable bonds is 4. The second-order valence-corrected chi connectivity index (χ2v) is 9.79. The van der Waals surface area contributed by atoms with Crippen LogP contribution in [-0.2, 0) is 4.79 Å². The van der Waals surface area contributed by atoms with Crippen molar-refractivity contribution in [3.8, 4) is 0 Å². The van der Waals surface area contributed by atoms with Crippen LogP contribution in [-0.4, -0.2) is 39.8 Å². The van der Waals surface area contributed by atoms with Gasteiger partial charge in [-0.15, -0.1) is 0 Å². The molecule has 0 N–H and O–H groups in total. The number of likely N-dealkylation sites (tertiary alicyclic amines) is 1. The molecule has 0 amide bonds. The lowest BCUT2D eigenvalue weighted by molar-refractivity contribution is -0.130. The third-order valence-electron chi connectivity index (χ3n) is 7.68. The summed E-state index contributed by atoms with van der Waals surface area (Å²) in [4.78, 5) is 23.4. The third kappa shape index (κ3) is 3.96. The Morgan fingerprint density at radius 1 is 1.07 bits per heavy atom. The molecule has 2 aliphatic carbocycles. The van der Waals surface area contributed by atoms with Gasteiger partial charge in [-0.25, -0.2) is 9.97 Å². The lowest BCUT2D eigenvalue weighted by atomic mass is 9.54. The van der Waals surface area contributed by atoms with Crippen LogP contribution >= 0.6 is 0 Å². The van der Waals surface area contributed by atoms with Crippen LogP contribution in [0.5, 0.6) is 0 Å². The highest BCUT2D eigenvalue weighted by Gasteiger charge is 2.48. The maximum absolute atomic E-state index is 11.5. The molecule has 1 saturated heterocycles. The number of ketones is 1. The molecule has 0 aromatic carbocycles. The number of nitrogens with zero attached hydrogens (tertiary/aromatic N) is 3. The average molecular weight is 370 g/mol. The van der Waals surface area contributed by atoms with Crippen LogP contribution in [0.1, 0.15) is 95.4 Å². The molecule has 4 rings (SSSR count). The van der Waals surface area contributed by atoms with E-state index in [0.29, 0.717) is 29.0 Å². The van der Waals surface area contributed by atoms with Gasteiger partial charge in [0.25, 0.3) is 0 Å². The van der Waals surface area contributed by atoms with Crippen LogP contribution in [0.25, 0.3) is 0 Å². The van der Waals surface area contributed by atoms with Gasteiger partial charge in [-0.05, 0) is 88.3 Å².